The molecule has 28 heavy (non-hydrogen) atoms. The van der Waals surface area contributed by atoms with Gasteiger partial charge in [-0.05, 0) is 30.6 Å². The molecular formula is C22H21N5S. The Balaban J connectivity index is 1.58. The van der Waals surface area contributed by atoms with E-state index in [0.717, 1.165) is 54.0 Å². The summed E-state index contributed by atoms with van der Waals surface area (Å²) in [7, 11) is 2.18. The van der Waals surface area contributed by atoms with E-state index in [1.165, 1.54) is 10.8 Å². The van der Waals surface area contributed by atoms with E-state index in [2.05, 4.69) is 57.5 Å². The van der Waals surface area contributed by atoms with Crippen LogP contribution in [0.2, 0.25) is 0 Å². The van der Waals surface area contributed by atoms with E-state index in [4.69, 9.17) is 9.97 Å². The van der Waals surface area contributed by atoms with Crippen molar-refractivity contribution < 1.29 is 0 Å². The molecule has 0 unspecified atom stereocenters. The minimum atomic E-state index is 0.929. The lowest BCUT2D eigenvalue weighted by molar-refractivity contribution is 0.312. The van der Waals surface area contributed by atoms with Gasteiger partial charge in [-0.1, -0.05) is 24.3 Å². The van der Waals surface area contributed by atoms with Crippen LogP contribution < -0.4 is 4.90 Å². The first kappa shape index (κ1) is 17.3. The van der Waals surface area contributed by atoms with Crippen molar-refractivity contribution in [3.8, 4) is 22.0 Å². The molecule has 3 aromatic heterocycles. The second-order valence-electron chi connectivity index (χ2n) is 7.12. The van der Waals surface area contributed by atoms with Crippen LogP contribution in [0.4, 0.5) is 5.82 Å². The highest BCUT2D eigenvalue weighted by atomic mass is 32.1. The van der Waals surface area contributed by atoms with Crippen molar-refractivity contribution in [2.24, 2.45) is 0 Å². The molecule has 4 aromatic rings. The number of pyridine rings is 2. The topological polar surface area (TPSA) is 45.2 Å². The zero-order chi connectivity index (χ0) is 18.9. The van der Waals surface area contributed by atoms with E-state index >= 15 is 0 Å². The average Bonchev–Trinajstić information content (AvgIpc) is 3.25. The maximum absolute atomic E-state index is 5.07. The SMILES string of the molecule is CN1CCN(c2nc(-c3csc(-c4ccncc4)n3)cc3ccccc23)CC1. The molecule has 1 saturated heterocycles. The summed E-state index contributed by atoms with van der Waals surface area (Å²) in [5, 5.41) is 5.51. The third kappa shape index (κ3) is 3.25. The monoisotopic (exact) mass is 387 g/mol. The van der Waals surface area contributed by atoms with Gasteiger partial charge in [-0.3, -0.25) is 4.98 Å². The van der Waals surface area contributed by atoms with Crippen molar-refractivity contribution in [1.29, 1.82) is 0 Å². The summed E-state index contributed by atoms with van der Waals surface area (Å²) in [4.78, 5) is 18.8. The molecule has 0 spiro atoms. The number of piperazine rings is 1. The molecule has 0 N–H and O–H groups in total. The summed E-state index contributed by atoms with van der Waals surface area (Å²) < 4.78 is 0. The van der Waals surface area contributed by atoms with Crippen LogP contribution in [-0.4, -0.2) is 53.1 Å². The Morgan fingerprint density at radius 1 is 0.893 bits per heavy atom. The third-order valence-electron chi connectivity index (χ3n) is 5.22. The van der Waals surface area contributed by atoms with Crippen LogP contribution in [0, 0.1) is 0 Å². The average molecular weight is 388 g/mol. The maximum Gasteiger partial charge on any atom is 0.137 e. The molecule has 0 aliphatic carbocycles. The van der Waals surface area contributed by atoms with Crippen molar-refractivity contribution in [3.05, 3.63) is 60.2 Å². The Hall–Kier alpha value is -2.83. The first-order valence-corrected chi connectivity index (χ1v) is 10.4. The number of anilines is 1. The van der Waals surface area contributed by atoms with Crippen LogP contribution in [0.1, 0.15) is 0 Å². The highest BCUT2D eigenvalue weighted by Gasteiger charge is 2.19. The molecule has 1 aromatic carbocycles. The number of nitrogens with zero attached hydrogens (tertiary/aromatic N) is 5. The Labute approximate surface area is 168 Å². The smallest absolute Gasteiger partial charge is 0.137 e. The number of benzene rings is 1. The fourth-order valence-corrected chi connectivity index (χ4v) is 4.41. The molecule has 5 rings (SSSR count). The number of hydrogen-bond acceptors (Lipinski definition) is 6. The summed E-state index contributed by atoms with van der Waals surface area (Å²) in [6, 6.07) is 14.6. The largest absolute Gasteiger partial charge is 0.354 e. The highest BCUT2D eigenvalue weighted by Crippen LogP contribution is 2.33. The summed E-state index contributed by atoms with van der Waals surface area (Å²) in [6.07, 6.45) is 3.60. The van der Waals surface area contributed by atoms with Gasteiger partial charge in [0.15, 0.2) is 0 Å². The molecule has 0 bridgehead atoms. The lowest BCUT2D eigenvalue weighted by Gasteiger charge is -2.34. The Bertz CT molecular complexity index is 1100. The number of fused-ring (bicyclic) bond motifs is 1. The predicted molar refractivity (Wildman–Crippen MR) is 116 cm³/mol. The number of likely N-dealkylation sites (N-methyl/N-ethyl adjacent to an activating group) is 1. The maximum atomic E-state index is 5.07. The minimum Gasteiger partial charge on any atom is -0.354 e. The number of aromatic nitrogens is 3. The first-order chi connectivity index (χ1) is 13.8. The third-order valence-corrected chi connectivity index (χ3v) is 6.11. The van der Waals surface area contributed by atoms with E-state index in [-0.39, 0.29) is 0 Å². The fourth-order valence-electron chi connectivity index (χ4n) is 3.59. The van der Waals surface area contributed by atoms with Crippen molar-refractivity contribution in [3.63, 3.8) is 0 Å². The fraction of sp³-hybridized carbons (Fsp3) is 0.227. The standard InChI is InChI=1S/C22H21N5S/c1-26-10-12-27(13-11-26)21-18-5-3-2-4-17(18)14-19(24-21)20-15-28-22(25-20)16-6-8-23-9-7-16/h2-9,14-15H,10-13H2,1H3. The molecule has 6 heteroatoms. The van der Waals surface area contributed by atoms with Crippen LogP contribution in [0.3, 0.4) is 0 Å². The van der Waals surface area contributed by atoms with Gasteiger partial charge in [0.1, 0.15) is 16.5 Å². The van der Waals surface area contributed by atoms with Crippen molar-refractivity contribution >= 4 is 27.9 Å². The van der Waals surface area contributed by atoms with E-state index in [9.17, 15) is 0 Å². The van der Waals surface area contributed by atoms with Gasteiger partial charge in [-0.25, -0.2) is 9.97 Å². The molecule has 1 aliphatic heterocycles. The normalized spacial score (nSPS) is 15.2. The lowest BCUT2D eigenvalue weighted by atomic mass is 10.1. The summed E-state index contributed by atoms with van der Waals surface area (Å²) >= 11 is 1.65. The van der Waals surface area contributed by atoms with Gasteiger partial charge in [-0.15, -0.1) is 11.3 Å². The molecule has 140 valence electrons. The van der Waals surface area contributed by atoms with E-state index in [0.29, 0.717) is 0 Å². The van der Waals surface area contributed by atoms with Crippen LogP contribution >= 0.6 is 11.3 Å². The van der Waals surface area contributed by atoms with E-state index in [1.807, 2.05) is 12.1 Å². The van der Waals surface area contributed by atoms with Crippen LogP contribution in [0.5, 0.6) is 0 Å². The Morgan fingerprint density at radius 3 is 2.50 bits per heavy atom. The molecule has 0 amide bonds. The number of rotatable bonds is 3. The molecule has 1 aliphatic rings. The molecule has 1 fully saturated rings. The number of thiazole rings is 1. The molecule has 0 atom stereocenters. The van der Waals surface area contributed by atoms with Crippen molar-refractivity contribution in [2.45, 2.75) is 0 Å². The second-order valence-corrected chi connectivity index (χ2v) is 7.97. The van der Waals surface area contributed by atoms with Crippen LogP contribution in [0.15, 0.2) is 60.2 Å². The predicted octanol–water partition coefficient (Wildman–Crippen LogP) is 4.17. The molecule has 0 radical (unpaired) electrons. The lowest BCUT2D eigenvalue weighted by Crippen LogP contribution is -2.44. The first-order valence-electron chi connectivity index (χ1n) is 9.47. The molecule has 0 saturated carbocycles. The van der Waals surface area contributed by atoms with E-state index < -0.39 is 0 Å². The Morgan fingerprint density at radius 2 is 1.68 bits per heavy atom. The zero-order valence-electron chi connectivity index (χ0n) is 15.7. The zero-order valence-corrected chi connectivity index (χ0v) is 16.6. The van der Waals surface area contributed by atoms with Crippen molar-refractivity contribution in [1.82, 2.24) is 19.9 Å². The molecule has 4 heterocycles. The second kappa shape index (κ2) is 7.30. The van der Waals surface area contributed by atoms with Gasteiger partial charge in [0.2, 0.25) is 0 Å². The van der Waals surface area contributed by atoms with Gasteiger partial charge < -0.3 is 9.80 Å². The van der Waals surface area contributed by atoms with E-state index in [1.54, 1.807) is 23.7 Å². The van der Waals surface area contributed by atoms with Gasteiger partial charge in [0.05, 0.1) is 5.69 Å². The van der Waals surface area contributed by atoms with Gasteiger partial charge >= 0.3 is 0 Å². The molecule has 5 nitrogen and oxygen atoms in total. The van der Waals surface area contributed by atoms with Crippen molar-refractivity contribution in [2.75, 3.05) is 38.1 Å². The highest BCUT2D eigenvalue weighted by molar-refractivity contribution is 7.13. The van der Waals surface area contributed by atoms with Crippen LogP contribution in [0.25, 0.3) is 32.7 Å². The summed E-state index contributed by atoms with van der Waals surface area (Å²) in [5.74, 6) is 1.07. The van der Waals surface area contributed by atoms with Gasteiger partial charge in [0, 0.05) is 54.9 Å². The van der Waals surface area contributed by atoms with Gasteiger partial charge in [0.25, 0.3) is 0 Å². The Kier molecular flexibility index (Phi) is 4.50. The summed E-state index contributed by atoms with van der Waals surface area (Å²) in [5.41, 5.74) is 2.95. The van der Waals surface area contributed by atoms with Crippen LogP contribution in [-0.2, 0) is 0 Å². The minimum absolute atomic E-state index is 0.929. The van der Waals surface area contributed by atoms with Gasteiger partial charge in [-0.2, -0.15) is 0 Å². The molecular weight excluding hydrogens is 366 g/mol. The number of hydrogen-bond donors (Lipinski definition) is 0. The summed E-state index contributed by atoms with van der Waals surface area (Å²) in [6.45, 7) is 4.11. The quantitative estimate of drug-likeness (QED) is 0.528.